The zero-order valence-electron chi connectivity index (χ0n) is 10.1. The summed E-state index contributed by atoms with van der Waals surface area (Å²) in [5.74, 6) is 1.11. The fourth-order valence-corrected chi connectivity index (χ4v) is 2.31. The summed E-state index contributed by atoms with van der Waals surface area (Å²) in [6, 6.07) is 1.42. The molecular formula is C12H19N3O2. The first-order valence-corrected chi connectivity index (χ1v) is 6.12. The summed E-state index contributed by atoms with van der Waals surface area (Å²) in [5, 5.41) is 13.4. The third-order valence-electron chi connectivity index (χ3n) is 3.24. The van der Waals surface area contributed by atoms with Gasteiger partial charge in [0.1, 0.15) is 11.6 Å². The molecule has 0 spiro atoms. The highest BCUT2D eigenvalue weighted by Crippen LogP contribution is 2.27. The molecular weight excluding hydrogens is 218 g/mol. The molecule has 94 valence electrons. The number of aryl methyl sites for hydroxylation is 1. The smallest absolute Gasteiger partial charge is 0.252 e. The first kappa shape index (κ1) is 12.1. The van der Waals surface area contributed by atoms with Crippen LogP contribution in [0, 0.1) is 6.92 Å². The first-order chi connectivity index (χ1) is 8.07. The van der Waals surface area contributed by atoms with E-state index < -0.39 is 5.60 Å². The van der Waals surface area contributed by atoms with Gasteiger partial charge in [0.2, 0.25) is 0 Å². The molecule has 5 heteroatoms. The van der Waals surface area contributed by atoms with Gasteiger partial charge in [0.25, 0.3) is 5.56 Å². The number of aromatic amines is 1. The Kier molecular flexibility index (Phi) is 3.47. The first-order valence-electron chi connectivity index (χ1n) is 6.12. The number of H-pyrrole nitrogens is 1. The molecule has 0 bridgehead atoms. The quantitative estimate of drug-likeness (QED) is 0.737. The van der Waals surface area contributed by atoms with E-state index >= 15 is 0 Å². The van der Waals surface area contributed by atoms with Crippen LogP contribution in [0.1, 0.15) is 37.9 Å². The molecule has 1 saturated carbocycles. The van der Waals surface area contributed by atoms with Gasteiger partial charge in [-0.1, -0.05) is 19.3 Å². The molecule has 1 fully saturated rings. The van der Waals surface area contributed by atoms with Crippen LogP contribution in [0.2, 0.25) is 0 Å². The van der Waals surface area contributed by atoms with Crippen molar-refractivity contribution in [2.45, 2.75) is 44.6 Å². The maximum absolute atomic E-state index is 11.2. The number of anilines is 1. The van der Waals surface area contributed by atoms with E-state index in [1.54, 1.807) is 6.92 Å². The predicted octanol–water partition coefficient (Wildman–Crippen LogP) is 1.19. The van der Waals surface area contributed by atoms with E-state index in [0.717, 1.165) is 25.7 Å². The van der Waals surface area contributed by atoms with Crippen LogP contribution in [-0.2, 0) is 0 Å². The molecule has 1 aromatic heterocycles. The zero-order chi connectivity index (χ0) is 12.3. The Bertz CT molecular complexity index is 436. The Morgan fingerprint density at radius 3 is 2.82 bits per heavy atom. The number of hydrogen-bond donors (Lipinski definition) is 3. The van der Waals surface area contributed by atoms with E-state index in [1.165, 1.54) is 12.5 Å². The lowest BCUT2D eigenvalue weighted by atomic mass is 9.85. The summed E-state index contributed by atoms with van der Waals surface area (Å²) >= 11 is 0. The highest BCUT2D eigenvalue weighted by atomic mass is 16.3. The topological polar surface area (TPSA) is 78.0 Å². The Labute approximate surface area is 100 Å². The lowest BCUT2D eigenvalue weighted by Gasteiger charge is -2.32. The third-order valence-corrected chi connectivity index (χ3v) is 3.24. The van der Waals surface area contributed by atoms with Crippen LogP contribution in [0.25, 0.3) is 0 Å². The maximum atomic E-state index is 11.2. The molecule has 1 aromatic rings. The summed E-state index contributed by atoms with van der Waals surface area (Å²) in [6.45, 7) is 2.20. The summed E-state index contributed by atoms with van der Waals surface area (Å²) in [4.78, 5) is 18.0. The number of nitrogens with zero attached hydrogens (tertiary/aromatic N) is 1. The van der Waals surface area contributed by atoms with Gasteiger partial charge < -0.3 is 15.4 Å². The molecule has 17 heavy (non-hydrogen) atoms. The highest BCUT2D eigenvalue weighted by Gasteiger charge is 2.28. The van der Waals surface area contributed by atoms with Crippen molar-refractivity contribution >= 4 is 5.82 Å². The van der Waals surface area contributed by atoms with Gasteiger partial charge in [0.15, 0.2) is 0 Å². The Morgan fingerprint density at radius 1 is 1.47 bits per heavy atom. The highest BCUT2D eigenvalue weighted by molar-refractivity contribution is 5.33. The molecule has 1 heterocycles. The second kappa shape index (κ2) is 4.87. The predicted molar refractivity (Wildman–Crippen MR) is 66.1 cm³/mol. The van der Waals surface area contributed by atoms with Crippen molar-refractivity contribution in [3.63, 3.8) is 0 Å². The van der Waals surface area contributed by atoms with E-state index in [0.29, 0.717) is 18.2 Å². The summed E-state index contributed by atoms with van der Waals surface area (Å²) in [7, 11) is 0. The number of aromatic nitrogens is 2. The monoisotopic (exact) mass is 237 g/mol. The van der Waals surface area contributed by atoms with Crippen molar-refractivity contribution in [1.29, 1.82) is 0 Å². The van der Waals surface area contributed by atoms with Crippen LogP contribution in [0.4, 0.5) is 5.82 Å². The average molecular weight is 237 g/mol. The van der Waals surface area contributed by atoms with Crippen molar-refractivity contribution in [2.24, 2.45) is 0 Å². The van der Waals surface area contributed by atoms with Crippen molar-refractivity contribution in [3.05, 3.63) is 22.2 Å². The van der Waals surface area contributed by atoms with E-state index in [4.69, 9.17) is 0 Å². The van der Waals surface area contributed by atoms with Gasteiger partial charge >= 0.3 is 0 Å². The minimum absolute atomic E-state index is 0.171. The van der Waals surface area contributed by atoms with E-state index in [2.05, 4.69) is 15.3 Å². The van der Waals surface area contributed by atoms with Crippen molar-refractivity contribution in [2.75, 3.05) is 11.9 Å². The Balaban J connectivity index is 1.99. The fourth-order valence-electron chi connectivity index (χ4n) is 2.31. The molecule has 0 saturated heterocycles. The van der Waals surface area contributed by atoms with Crippen LogP contribution in [-0.4, -0.2) is 27.2 Å². The minimum atomic E-state index is -0.642. The van der Waals surface area contributed by atoms with Crippen LogP contribution >= 0.6 is 0 Å². The van der Waals surface area contributed by atoms with Crippen molar-refractivity contribution in [3.8, 4) is 0 Å². The van der Waals surface area contributed by atoms with E-state index in [1.807, 2.05) is 0 Å². The third kappa shape index (κ3) is 3.30. The molecule has 0 amide bonds. The second-order valence-electron chi connectivity index (χ2n) is 4.85. The van der Waals surface area contributed by atoms with Gasteiger partial charge in [0.05, 0.1) is 5.60 Å². The standard InChI is InChI=1S/C12H19N3O2/c1-9-14-10(7-11(16)15-9)13-8-12(17)5-3-2-4-6-12/h7,17H,2-6,8H2,1H3,(H2,13,14,15,16). The molecule has 5 nitrogen and oxygen atoms in total. The summed E-state index contributed by atoms with van der Waals surface area (Å²) in [6.07, 6.45) is 4.98. The van der Waals surface area contributed by atoms with Gasteiger partial charge in [-0.2, -0.15) is 0 Å². The fraction of sp³-hybridized carbons (Fsp3) is 0.667. The largest absolute Gasteiger partial charge is 0.388 e. The lowest BCUT2D eigenvalue weighted by molar-refractivity contribution is 0.0166. The molecule has 0 atom stereocenters. The number of rotatable bonds is 3. The van der Waals surface area contributed by atoms with Crippen LogP contribution in [0.5, 0.6) is 0 Å². The molecule has 2 rings (SSSR count). The molecule has 0 aliphatic heterocycles. The van der Waals surface area contributed by atoms with Gasteiger partial charge in [-0.05, 0) is 19.8 Å². The normalized spacial score (nSPS) is 18.9. The molecule has 3 N–H and O–H groups in total. The van der Waals surface area contributed by atoms with Gasteiger partial charge in [-0.3, -0.25) is 4.79 Å². The molecule has 1 aliphatic carbocycles. The lowest BCUT2D eigenvalue weighted by Crippen LogP contribution is -2.39. The average Bonchev–Trinajstić information content (AvgIpc) is 2.26. The minimum Gasteiger partial charge on any atom is -0.388 e. The molecule has 0 radical (unpaired) electrons. The Hall–Kier alpha value is -1.36. The van der Waals surface area contributed by atoms with Gasteiger partial charge in [-0.15, -0.1) is 0 Å². The molecule has 0 aromatic carbocycles. The zero-order valence-corrected chi connectivity index (χ0v) is 10.1. The number of nitrogens with one attached hydrogen (secondary N) is 2. The van der Waals surface area contributed by atoms with Crippen LogP contribution < -0.4 is 10.9 Å². The molecule has 0 unspecified atom stereocenters. The number of hydrogen-bond acceptors (Lipinski definition) is 4. The molecule has 1 aliphatic rings. The van der Waals surface area contributed by atoms with Crippen LogP contribution in [0.3, 0.4) is 0 Å². The van der Waals surface area contributed by atoms with E-state index in [9.17, 15) is 9.90 Å². The summed E-state index contributed by atoms with van der Waals surface area (Å²) in [5.41, 5.74) is -0.813. The van der Waals surface area contributed by atoms with Crippen molar-refractivity contribution in [1.82, 2.24) is 9.97 Å². The van der Waals surface area contributed by atoms with Crippen LogP contribution in [0.15, 0.2) is 10.9 Å². The SMILES string of the molecule is Cc1nc(NCC2(O)CCCCC2)cc(=O)[nH]1. The van der Waals surface area contributed by atoms with E-state index in [-0.39, 0.29) is 5.56 Å². The Morgan fingerprint density at radius 2 is 2.18 bits per heavy atom. The number of aliphatic hydroxyl groups is 1. The summed E-state index contributed by atoms with van der Waals surface area (Å²) < 4.78 is 0. The maximum Gasteiger partial charge on any atom is 0.252 e. The van der Waals surface area contributed by atoms with Gasteiger partial charge in [0, 0.05) is 12.6 Å². The van der Waals surface area contributed by atoms with Gasteiger partial charge in [-0.25, -0.2) is 4.98 Å². The second-order valence-corrected chi connectivity index (χ2v) is 4.85. The van der Waals surface area contributed by atoms with Crippen molar-refractivity contribution < 1.29 is 5.11 Å².